The molecule has 6 N–H and O–H groups in total. The van der Waals surface area contributed by atoms with Gasteiger partial charge < -0.3 is 16.4 Å². The van der Waals surface area contributed by atoms with Crippen molar-refractivity contribution in [3.63, 3.8) is 0 Å². The van der Waals surface area contributed by atoms with E-state index in [0.717, 1.165) is 27.6 Å². The molecule has 0 aliphatic heterocycles. The maximum atomic E-state index is 13.5. The number of benzene rings is 2. The van der Waals surface area contributed by atoms with Crippen LogP contribution in [0.15, 0.2) is 60.0 Å². The Morgan fingerprint density at radius 3 is 2.29 bits per heavy atom. The summed E-state index contributed by atoms with van der Waals surface area (Å²) in [5, 5.41) is 17.4. The zero-order valence-corrected chi connectivity index (χ0v) is 22.1. The van der Waals surface area contributed by atoms with Gasteiger partial charge in [0.05, 0.1) is 0 Å². The number of rotatable bonds is 14. The lowest BCUT2D eigenvalue weighted by Crippen LogP contribution is -2.55. The van der Waals surface area contributed by atoms with E-state index in [9.17, 15) is 19.2 Å². The summed E-state index contributed by atoms with van der Waals surface area (Å²) in [6, 6.07) is 15.0. The van der Waals surface area contributed by atoms with Crippen molar-refractivity contribution in [1.29, 1.82) is 0 Å². The van der Waals surface area contributed by atoms with Crippen LogP contribution in [0.25, 0.3) is 10.1 Å². The molecule has 0 saturated carbocycles. The number of unbranched alkanes of at least 4 members (excludes halogenated alkanes) is 1. The van der Waals surface area contributed by atoms with Crippen molar-refractivity contribution < 1.29 is 24.4 Å². The van der Waals surface area contributed by atoms with Crippen molar-refractivity contribution in [2.24, 2.45) is 11.7 Å². The summed E-state index contributed by atoms with van der Waals surface area (Å²) in [4.78, 5) is 50.8. The molecule has 1 aromatic heterocycles. The predicted octanol–water partition coefficient (Wildman–Crippen LogP) is 2.84. The summed E-state index contributed by atoms with van der Waals surface area (Å²) in [7, 11) is 0. The molecule has 3 aromatic rings. The van der Waals surface area contributed by atoms with Crippen molar-refractivity contribution in [1.82, 2.24) is 16.1 Å². The van der Waals surface area contributed by atoms with Gasteiger partial charge in [-0.3, -0.25) is 24.4 Å². The summed E-state index contributed by atoms with van der Waals surface area (Å²) in [6.07, 6.45) is 2.11. The van der Waals surface area contributed by atoms with Crippen LogP contribution in [0.3, 0.4) is 0 Å². The molecule has 9 nitrogen and oxygen atoms in total. The minimum Gasteiger partial charge on any atom is -0.368 e. The molecule has 0 aliphatic carbocycles. The number of carbonyl (C=O) groups is 4. The lowest BCUT2D eigenvalue weighted by atomic mass is 9.95. The number of fused-ring (bicyclic) bond motifs is 1. The number of nitrogens with two attached hydrogens (primary N) is 1. The topological polar surface area (TPSA) is 151 Å². The lowest BCUT2D eigenvalue weighted by Gasteiger charge is -2.24. The fourth-order valence-electron chi connectivity index (χ4n) is 4.30. The first kappa shape index (κ1) is 28.8. The van der Waals surface area contributed by atoms with Crippen molar-refractivity contribution in [2.45, 2.75) is 57.5 Å². The van der Waals surface area contributed by atoms with Gasteiger partial charge in [0.15, 0.2) is 0 Å². The van der Waals surface area contributed by atoms with Gasteiger partial charge in [-0.05, 0) is 34.4 Å². The molecule has 0 bridgehead atoms. The molecule has 0 unspecified atom stereocenters. The second kappa shape index (κ2) is 14.3. The smallest absolute Gasteiger partial charge is 0.244 e. The maximum absolute atomic E-state index is 13.5. The Hall–Kier alpha value is -3.76. The largest absolute Gasteiger partial charge is 0.368 e. The maximum Gasteiger partial charge on any atom is 0.244 e. The van der Waals surface area contributed by atoms with Crippen LogP contribution in [-0.4, -0.2) is 40.9 Å². The molecule has 38 heavy (non-hydrogen) atoms. The Labute approximate surface area is 225 Å². The number of hydroxylamine groups is 1. The number of thiophene rings is 1. The molecule has 0 aliphatic rings. The highest BCUT2D eigenvalue weighted by Crippen LogP contribution is 2.27. The van der Waals surface area contributed by atoms with Gasteiger partial charge >= 0.3 is 0 Å². The van der Waals surface area contributed by atoms with Gasteiger partial charge in [-0.2, -0.15) is 0 Å². The Bertz CT molecular complexity index is 1250. The van der Waals surface area contributed by atoms with Crippen LogP contribution in [0.2, 0.25) is 0 Å². The van der Waals surface area contributed by atoms with E-state index >= 15 is 0 Å². The minimum atomic E-state index is -1.01. The highest BCUT2D eigenvalue weighted by atomic mass is 32.1. The van der Waals surface area contributed by atoms with Gasteiger partial charge in [-0.1, -0.05) is 68.3 Å². The van der Waals surface area contributed by atoms with E-state index < -0.39 is 41.6 Å². The molecule has 1 heterocycles. The fourth-order valence-corrected chi connectivity index (χ4v) is 5.28. The Balaban J connectivity index is 1.84. The summed E-state index contributed by atoms with van der Waals surface area (Å²) in [5.41, 5.74) is 8.89. The number of hydrogen-bond acceptors (Lipinski definition) is 6. The molecule has 3 rings (SSSR count). The summed E-state index contributed by atoms with van der Waals surface area (Å²) < 4.78 is 1.05. The molecule has 0 saturated heterocycles. The molecule has 2 aromatic carbocycles. The average Bonchev–Trinajstić information content (AvgIpc) is 3.33. The van der Waals surface area contributed by atoms with Crippen LogP contribution in [0.5, 0.6) is 0 Å². The fraction of sp³-hybridized carbons (Fsp3) is 0.357. The number of carbonyl (C=O) groups excluding carboxylic acids is 4. The molecular weight excluding hydrogens is 504 g/mol. The normalized spacial score (nSPS) is 13.3. The lowest BCUT2D eigenvalue weighted by molar-refractivity contribution is -0.136. The molecule has 0 spiro atoms. The minimum absolute atomic E-state index is 0.186. The van der Waals surface area contributed by atoms with Gasteiger partial charge in [-0.15, -0.1) is 11.3 Å². The molecule has 0 fully saturated rings. The number of primary amides is 1. The summed E-state index contributed by atoms with van der Waals surface area (Å²) in [6.45, 7) is 1.97. The standard InChI is InChI=1S/C28H34N4O5S/c1-2-3-11-19(16-25(33)32-37)27(35)31-23(15-20-17-38-24-13-8-7-12-21(20)24)28(36)30-22(26(29)34)14-18-9-5-4-6-10-18/h4-10,12-13,17,19,22-23,37H,2-3,11,14-16H2,1H3,(H2,29,34)(H,30,36)(H,31,35)(H,32,33)/t19-,22+,23+/m1/s1. The van der Waals surface area contributed by atoms with Crippen molar-refractivity contribution >= 4 is 45.1 Å². The monoisotopic (exact) mass is 538 g/mol. The van der Waals surface area contributed by atoms with Gasteiger partial charge in [0.25, 0.3) is 0 Å². The number of amides is 4. The summed E-state index contributed by atoms with van der Waals surface area (Å²) in [5.74, 6) is -3.11. The highest BCUT2D eigenvalue weighted by molar-refractivity contribution is 7.17. The third kappa shape index (κ3) is 8.12. The van der Waals surface area contributed by atoms with E-state index in [-0.39, 0.29) is 19.3 Å². The summed E-state index contributed by atoms with van der Waals surface area (Å²) >= 11 is 1.54. The van der Waals surface area contributed by atoms with E-state index in [1.54, 1.807) is 5.48 Å². The Morgan fingerprint density at radius 1 is 0.921 bits per heavy atom. The third-order valence-corrected chi connectivity index (χ3v) is 7.41. The van der Waals surface area contributed by atoms with Gasteiger partial charge in [0.2, 0.25) is 23.6 Å². The van der Waals surface area contributed by atoms with Crippen LogP contribution in [-0.2, 0) is 32.0 Å². The van der Waals surface area contributed by atoms with E-state index in [1.807, 2.05) is 66.9 Å². The molecular formula is C28H34N4O5S. The van der Waals surface area contributed by atoms with E-state index in [0.29, 0.717) is 12.8 Å². The first-order chi connectivity index (χ1) is 18.3. The van der Waals surface area contributed by atoms with Crippen molar-refractivity contribution in [3.05, 3.63) is 71.1 Å². The molecule has 202 valence electrons. The third-order valence-electron chi connectivity index (χ3n) is 6.39. The van der Waals surface area contributed by atoms with Crippen LogP contribution < -0.4 is 21.8 Å². The Morgan fingerprint density at radius 2 is 1.61 bits per heavy atom. The average molecular weight is 539 g/mol. The number of nitrogens with one attached hydrogen (secondary N) is 3. The molecule has 10 heteroatoms. The van der Waals surface area contributed by atoms with E-state index in [4.69, 9.17) is 10.9 Å². The van der Waals surface area contributed by atoms with Gasteiger partial charge in [0, 0.05) is 29.9 Å². The Kier molecular flexibility index (Phi) is 10.8. The van der Waals surface area contributed by atoms with Crippen LogP contribution in [0.1, 0.15) is 43.7 Å². The van der Waals surface area contributed by atoms with Crippen molar-refractivity contribution in [2.75, 3.05) is 0 Å². The number of hydrogen-bond donors (Lipinski definition) is 5. The molecule has 4 amide bonds. The SMILES string of the molecule is CCCC[C@H](CC(=O)NO)C(=O)N[C@@H](Cc1csc2ccccc12)C(=O)N[C@@H](Cc1ccccc1)C(N)=O. The van der Waals surface area contributed by atoms with Crippen molar-refractivity contribution in [3.8, 4) is 0 Å². The highest BCUT2D eigenvalue weighted by Gasteiger charge is 2.30. The van der Waals surface area contributed by atoms with Crippen LogP contribution >= 0.6 is 11.3 Å². The van der Waals surface area contributed by atoms with Crippen LogP contribution in [0.4, 0.5) is 0 Å². The van der Waals surface area contributed by atoms with Crippen LogP contribution in [0, 0.1) is 5.92 Å². The second-order valence-electron chi connectivity index (χ2n) is 9.25. The van der Waals surface area contributed by atoms with E-state index in [2.05, 4.69) is 10.6 Å². The molecule has 3 atom stereocenters. The zero-order valence-electron chi connectivity index (χ0n) is 21.3. The quantitative estimate of drug-likeness (QED) is 0.158. The van der Waals surface area contributed by atoms with Gasteiger partial charge in [-0.25, -0.2) is 5.48 Å². The van der Waals surface area contributed by atoms with Gasteiger partial charge in [0.1, 0.15) is 12.1 Å². The molecule has 0 radical (unpaired) electrons. The predicted molar refractivity (Wildman–Crippen MR) is 146 cm³/mol. The van der Waals surface area contributed by atoms with E-state index in [1.165, 1.54) is 11.3 Å². The first-order valence-electron chi connectivity index (χ1n) is 12.6. The first-order valence-corrected chi connectivity index (χ1v) is 13.5. The zero-order chi connectivity index (χ0) is 27.5. The second-order valence-corrected chi connectivity index (χ2v) is 10.2.